The molecule has 1 saturated carbocycles. The van der Waals surface area contributed by atoms with Crippen molar-refractivity contribution in [2.75, 3.05) is 7.05 Å². The van der Waals surface area contributed by atoms with Crippen LogP contribution >= 0.6 is 0 Å². The molecule has 2 fully saturated rings. The molecule has 3 N–H and O–H groups in total. The van der Waals surface area contributed by atoms with Crippen molar-refractivity contribution in [1.29, 1.82) is 5.41 Å². The number of likely N-dealkylation sites (N-methyl/N-ethyl adjacent to an activating group) is 1. The van der Waals surface area contributed by atoms with Crippen LogP contribution in [0.2, 0.25) is 0 Å². The first-order valence-electron chi connectivity index (χ1n) is 9.65. The van der Waals surface area contributed by atoms with Crippen molar-refractivity contribution < 1.29 is 4.79 Å². The highest BCUT2D eigenvalue weighted by Crippen LogP contribution is 2.43. The number of nitrogens with zero attached hydrogens (tertiary/aromatic N) is 2. The molecular formula is C22H23N5O. The van der Waals surface area contributed by atoms with Gasteiger partial charge in [-0.2, -0.15) is 5.10 Å². The topological polar surface area (TPSA) is 84.9 Å². The number of aromatic nitrogens is 2. The molecule has 0 unspecified atom stereocenters. The summed E-state index contributed by atoms with van der Waals surface area (Å²) in [4.78, 5) is 14.7. The molecule has 1 aliphatic carbocycles. The van der Waals surface area contributed by atoms with Crippen molar-refractivity contribution in [3.8, 4) is 0 Å². The minimum atomic E-state index is -0.735. The van der Waals surface area contributed by atoms with E-state index < -0.39 is 11.5 Å². The van der Waals surface area contributed by atoms with E-state index in [1.807, 2.05) is 25.1 Å². The molecule has 1 amide bonds. The van der Waals surface area contributed by atoms with Crippen molar-refractivity contribution in [2.24, 2.45) is 0 Å². The molecule has 0 radical (unpaired) electrons. The summed E-state index contributed by atoms with van der Waals surface area (Å²) >= 11 is 0. The van der Waals surface area contributed by atoms with E-state index in [4.69, 9.17) is 5.41 Å². The van der Waals surface area contributed by atoms with Gasteiger partial charge in [0.2, 0.25) is 5.91 Å². The van der Waals surface area contributed by atoms with Gasteiger partial charge < -0.3 is 5.32 Å². The fraction of sp³-hybridized carbons (Fsp3) is 0.318. The van der Waals surface area contributed by atoms with Gasteiger partial charge in [-0.25, -0.2) is 0 Å². The van der Waals surface area contributed by atoms with Crippen LogP contribution in [0.3, 0.4) is 0 Å². The van der Waals surface area contributed by atoms with Crippen LogP contribution in [0.4, 0.5) is 0 Å². The Kier molecular flexibility index (Phi) is 3.59. The van der Waals surface area contributed by atoms with Gasteiger partial charge in [-0.15, -0.1) is 0 Å². The summed E-state index contributed by atoms with van der Waals surface area (Å²) in [6.07, 6.45) is 4.29. The molecule has 5 rings (SSSR count). The van der Waals surface area contributed by atoms with E-state index in [0.717, 1.165) is 22.0 Å². The molecule has 2 atom stereocenters. The van der Waals surface area contributed by atoms with Crippen LogP contribution in [0, 0.1) is 5.41 Å². The Morgan fingerprint density at radius 2 is 1.86 bits per heavy atom. The third-order valence-corrected chi connectivity index (χ3v) is 6.23. The number of hydrogen-bond donors (Lipinski definition) is 3. The lowest BCUT2D eigenvalue weighted by Gasteiger charge is -2.46. The Labute approximate surface area is 163 Å². The predicted molar refractivity (Wildman–Crippen MR) is 108 cm³/mol. The standard InChI is InChI=1S/C22H23N5O/c1-22(17-10-9-16-12-24-26-18(16)11-17)19(20(28)27(2)21(23)25-22)15-7-5-14(6-8-15)13-3-4-13/h5-13,19H,3-4H2,1-2H3,(H2,23,25)(H,24,26)/t19-,22-/m1/s1. The number of rotatable bonds is 3. The summed E-state index contributed by atoms with van der Waals surface area (Å²) in [5.41, 5.74) is 3.45. The predicted octanol–water partition coefficient (Wildman–Crippen LogP) is 3.44. The summed E-state index contributed by atoms with van der Waals surface area (Å²) in [6, 6.07) is 14.5. The minimum Gasteiger partial charge on any atom is -0.346 e. The highest BCUT2D eigenvalue weighted by atomic mass is 16.2. The Morgan fingerprint density at radius 3 is 2.57 bits per heavy atom. The van der Waals surface area contributed by atoms with Crippen LogP contribution in [0.15, 0.2) is 48.7 Å². The molecule has 2 aromatic carbocycles. The zero-order valence-corrected chi connectivity index (χ0v) is 16.0. The van der Waals surface area contributed by atoms with Gasteiger partial charge in [0.15, 0.2) is 5.96 Å². The second-order valence-electron chi connectivity index (χ2n) is 8.12. The maximum Gasteiger partial charge on any atom is 0.239 e. The first-order chi connectivity index (χ1) is 13.5. The fourth-order valence-corrected chi connectivity index (χ4v) is 4.30. The number of fused-ring (bicyclic) bond motifs is 1. The molecule has 28 heavy (non-hydrogen) atoms. The van der Waals surface area contributed by atoms with Crippen LogP contribution in [0.5, 0.6) is 0 Å². The van der Waals surface area contributed by atoms with Crippen LogP contribution in [0.25, 0.3) is 10.9 Å². The number of carbonyl (C=O) groups excluding carboxylic acids is 1. The number of aromatic amines is 1. The molecule has 1 aliphatic heterocycles. The summed E-state index contributed by atoms with van der Waals surface area (Å²) < 4.78 is 0. The second kappa shape index (κ2) is 5.92. The van der Waals surface area contributed by atoms with E-state index in [2.05, 4.69) is 39.8 Å². The summed E-state index contributed by atoms with van der Waals surface area (Å²) in [7, 11) is 1.65. The minimum absolute atomic E-state index is 0.0740. The number of nitrogens with one attached hydrogen (secondary N) is 3. The number of guanidine groups is 1. The van der Waals surface area contributed by atoms with Gasteiger partial charge in [0, 0.05) is 12.4 Å². The van der Waals surface area contributed by atoms with Crippen LogP contribution in [0.1, 0.15) is 48.3 Å². The average molecular weight is 373 g/mol. The fourth-order valence-electron chi connectivity index (χ4n) is 4.30. The van der Waals surface area contributed by atoms with E-state index in [1.54, 1.807) is 13.2 Å². The molecule has 6 nitrogen and oxygen atoms in total. The highest BCUT2D eigenvalue weighted by molar-refractivity contribution is 6.02. The zero-order valence-electron chi connectivity index (χ0n) is 16.0. The first-order valence-corrected chi connectivity index (χ1v) is 9.65. The van der Waals surface area contributed by atoms with Gasteiger partial charge in [-0.05, 0) is 48.4 Å². The summed E-state index contributed by atoms with van der Waals surface area (Å²) in [5, 5.41) is 19.7. The summed E-state index contributed by atoms with van der Waals surface area (Å²) in [5.74, 6) is 0.290. The molecule has 142 valence electrons. The molecular weight excluding hydrogens is 350 g/mol. The first kappa shape index (κ1) is 17.0. The number of hydrogen-bond acceptors (Lipinski definition) is 3. The monoisotopic (exact) mass is 373 g/mol. The van der Waals surface area contributed by atoms with Gasteiger partial charge in [-0.1, -0.05) is 36.4 Å². The van der Waals surface area contributed by atoms with Gasteiger partial charge in [-0.3, -0.25) is 20.2 Å². The molecule has 6 heteroatoms. The summed E-state index contributed by atoms with van der Waals surface area (Å²) in [6.45, 7) is 2.00. The number of H-pyrrole nitrogens is 1. The largest absolute Gasteiger partial charge is 0.346 e. The maximum absolute atomic E-state index is 13.3. The molecule has 0 bridgehead atoms. The number of benzene rings is 2. The van der Waals surface area contributed by atoms with E-state index >= 15 is 0 Å². The van der Waals surface area contributed by atoms with Crippen molar-refractivity contribution >= 4 is 22.8 Å². The second-order valence-corrected chi connectivity index (χ2v) is 8.12. The molecule has 0 spiro atoms. The molecule has 2 aliphatic rings. The van der Waals surface area contributed by atoms with Crippen molar-refractivity contribution in [3.63, 3.8) is 0 Å². The van der Waals surface area contributed by atoms with E-state index in [0.29, 0.717) is 5.92 Å². The Bertz CT molecular complexity index is 1080. The molecule has 1 aromatic heterocycles. The van der Waals surface area contributed by atoms with E-state index in [1.165, 1.54) is 23.3 Å². The Hall–Kier alpha value is -3.15. The lowest BCUT2D eigenvalue weighted by atomic mass is 9.73. The lowest BCUT2D eigenvalue weighted by molar-refractivity contribution is -0.131. The van der Waals surface area contributed by atoms with Crippen LogP contribution in [-0.4, -0.2) is 34.0 Å². The quantitative estimate of drug-likeness (QED) is 0.657. The third kappa shape index (κ3) is 2.52. The van der Waals surface area contributed by atoms with Gasteiger partial charge in [0.05, 0.1) is 23.2 Å². The maximum atomic E-state index is 13.3. The number of amides is 1. The van der Waals surface area contributed by atoms with Crippen LogP contribution < -0.4 is 5.32 Å². The average Bonchev–Trinajstić information content (AvgIpc) is 3.43. The molecule has 3 aromatic rings. The molecule has 1 saturated heterocycles. The smallest absolute Gasteiger partial charge is 0.239 e. The van der Waals surface area contributed by atoms with E-state index in [9.17, 15) is 4.79 Å². The van der Waals surface area contributed by atoms with Crippen molar-refractivity contribution in [1.82, 2.24) is 20.4 Å². The van der Waals surface area contributed by atoms with Gasteiger partial charge >= 0.3 is 0 Å². The van der Waals surface area contributed by atoms with Crippen LogP contribution in [-0.2, 0) is 10.3 Å². The Morgan fingerprint density at radius 1 is 1.14 bits per heavy atom. The Balaban J connectivity index is 1.62. The van der Waals surface area contributed by atoms with Gasteiger partial charge in [0.1, 0.15) is 0 Å². The number of carbonyl (C=O) groups is 1. The van der Waals surface area contributed by atoms with Crippen molar-refractivity contribution in [3.05, 3.63) is 65.4 Å². The van der Waals surface area contributed by atoms with Crippen molar-refractivity contribution in [2.45, 2.75) is 37.1 Å². The zero-order chi connectivity index (χ0) is 19.5. The lowest BCUT2D eigenvalue weighted by Crippen LogP contribution is -2.62. The SMILES string of the molecule is CN1C(=N)N[C@](C)(c2ccc3cn[nH]c3c2)[C@H](c2ccc(C3CC3)cc2)C1=O. The normalized spacial score (nSPS) is 25.2. The van der Waals surface area contributed by atoms with Gasteiger partial charge in [0.25, 0.3) is 0 Å². The van der Waals surface area contributed by atoms with E-state index in [-0.39, 0.29) is 11.9 Å². The third-order valence-electron chi connectivity index (χ3n) is 6.23. The highest BCUT2D eigenvalue weighted by Gasteiger charge is 2.48. The molecule has 2 heterocycles.